The highest BCUT2D eigenvalue weighted by molar-refractivity contribution is 9.10. The fourth-order valence-corrected chi connectivity index (χ4v) is 4.99. The number of amides is 1. The molecule has 1 saturated heterocycles. The molecule has 0 atom stereocenters. The number of nitrogens with zero attached hydrogens (tertiary/aromatic N) is 2. The van der Waals surface area contributed by atoms with Gasteiger partial charge in [-0.2, -0.15) is 4.31 Å². The molecule has 2 aromatic rings. The third kappa shape index (κ3) is 4.13. The van der Waals surface area contributed by atoms with Crippen LogP contribution in [-0.4, -0.2) is 36.7 Å². The van der Waals surface area contributed by atoms with E-state index in [-0.39, 0.29) is 16.7 Å². The van der Waals surface area contributed by atoms with Crippen molar-refractivity contribution in [3.8, 4) is 0 Å². The maximum atomic E-state index is 12.6. The molecule has 0 aliphatic carbocycles. The molecule has 26 heavy (non-hydrogen) atoms. The number of piperidine rings is 1. The summed E-state index contributed by atoms with van der Waals surface area (Å²) in [6.07, 6.45) is 3.88. The molecule has 1 aromatic heterocycles. The van der Waals surface area contributed by atoms with Crippen LogP contribution in [0.25, 0.3) is 0 Å². The molecule has 0 spiro atoms. The van der Waals surface area contributed by atoms with Crippen LogP contribution in [-0.2, 0) is 14.8 Å². The Morgan fingerprint density at radius 3 is 2.62 bits per heavy atom. The van der Waals surface area contributed by atoms with Crippen molar-refractivity contribution in [2.45, 2.75) is 24.7 Å². The number of halogens is 1. The number of sulfonamides is 1. The number of hydrogen-bond donors (Lipinski definition) is 1. The van der Waals surface area contributed by atoms with Gasteiger partial charge in [0, 0.05) is 35.9 Å². The van der Waals surface area contributed by atoms with Crippen molar-refractivity contribution in [3.63, 3.8) is 0 Å². The number of carbonyl (C=O) groups excluding carboxylic acids is 1. The van der Waals surface area contributed by atoms with Crippen molar-refractivity contribution in [2.24, 2.45) is 5.92 Å². The molecule has 1 aromatic carbocycles. The summed E-state index contributed by atoms with van der Waals surface area (Å²) in [6.45, 7) is 2.63. The van der Waals surface area contributed by atoms with Gasteiger partial charge in [-0.05, 0) is 65.5 Å². The first-order valence-corrected chi connectivity index (χ1v) is 10.6. The average Bonchev–Trinajstić information content (AvgIpc) is 2.65. The summed E-state index contributed by atoms with van der Waals surface area (Å²) in [5.74, 6) is -0.281. The predicted molar refractivity (Wildman–Crippen MR) is 103 cm³/mol. The molecule has 138 valence electrons. The second-order valence-electron chi connectivity index (χ2n) is 6.34. The number of aromatic nitrogens is 1. The van der Waals surface area contributed by atoms with Crippen molar-refractivity contribution in [3.05, 3.63) is 52.8 Å². The van der Waals surface area contributed by atoms with E-state index in [9.17, 15) is 13.2 Å². The van der Waals surface area contributed by atoms with E-state index in [1.807, 2.05) is 25.1 Å². The van der Waals surface area contributed by atoms with E-state index in [0.29, 0.717) is 25.9 Å². The zero-order valence-corrected chi connectivity index (χ0v) is 16.8. The zero-order chi connectivity index (χ0) is 18.7. The fraction of sp³-hybridized carbons (Fsp3) is 0.333. The Bertz CT molecular complexity index is 895. The van der Waals surface area contributed by atoms with Crippen LogP contribution < -0.4 is 5.32 Å². The third-order valence-corrected chi connectivity index (χ3v) is 7.02. The summed E-state index contributed by atoms with van der Waals surface area (Å²) in [6, 6.07) is 8.88. The first kappa shape index (κ1) is 19.0. The summed E-state index contributed by atoms with van der Waals surface area (Å²) < 4.78 is 27.5. The fourth-order valence-electron chi connectivity index (χ4n) is 2.96. The number of anilines is 1. The Morgan fingerprint density at radius 2 is 2.00 bits per heavy atom. The first-order valence-electron chi connectivity index (χ1n) is 8.35. The standard InChI is InChI=1S/C18H20BrN3O3S/c1-13-4-5-17(16(19)11-13)21-18(23)14-6-9-22(10-7-14)26(24,25)15-3-2-8-20-12-15/h2-5,8,11-12,14H,6-7,9-10H2,1H3,(H,21,23). The van der Waals surface area contributed by atoms with E-state index < -0.39 is 10.0 Å². The lowest BCUT2D eigenvalue weighted by molar-refractivity contribution is -0.120. The summed E-state index contributed by atoms with van der Waals surface area (Å²) in [5, 5.41) is 2.93. The van der Waals surface area contributed by atoms with Crippen LogP contribution in [0.1, 0.15) is 18.4 Å². The molecule has 6 nitrogen and oxygen atoms in total. The van der Waals surface area contributed by atoms with E-state index in [1.54, 1.807) is 12.3 Å². The van der Waals surface area contributed by atoms with Gasteiger partial charge in [0.05, 0.1) is 5.69 Å². The first-order chi connectivity index (χ1) is 12.4. The number of aryl methyl sites for hydroxylation is 1. The lowest BCUT2D eigenvalue weighted by Crippen LogP contribution is -2.41. The van der Waals surface area contributed by atoms with Gasteiger partial charge in [0.1, 0.15) is 4.90 Å². The second kappa shape index (κ2) is 7.85. The van der Waals surface area contributed by atoms with Crippen LogP contribution in [0.3, 0.4) is 0 Å². The van der Waals surface area contributed by atoms with Gasteiger partial charge in [0.2, 0.25) is 15.9 Å². The highest BCUT2D eigenvalue weighted by Crippen LogP contribution is 2.27. The maximum absolute atomic E-state index is 12.6. The van der Waals surface area contributed by atoms with E-state index in [1.165, 1.54) is 16.6 Å². The van der Waals surface area contributed by atoms with E-state index >= 15 is 0 Å². The van der Waals surface area contributed by atoms with Crippen LogP contribution in [0.15, 0.2) is 52.1 Å². The van der Waals surface area contributed by atoms with Crippen LogP contribution in [0.2, 0.25) is 0 Å². The quantitative estimate of drug-likeness (QED) is 0.796. The molecule has 1 N–H and O–H groups in total. The summed E-state index contributed by atoms with van der Waals surface area (Å²) in [5.41, 5.74) is 1.83. The normalized spacial score (nSPS) is 16.4. The number of nitrogens with one attached hydrogen (secondary N) is 1. The number of rotatable bonds is 4. The summed E-state index contributed by atoms with van der Waals surface area (Å²) in [7, 11) is -3.55. The second-order valence-corrected chi connectivity index (χ2v) is 9.13. The molecule has 0 unspecified atom stereocenters. The Balaban J connectivity index is 1.62. The van der Waals surface area contributed by atoms with Crippen LogP contribution in [0.5, 0.6) is 0 Å². The summed E-state index contributed by atoms with van der Waals surface area (Å²) >= 11 is 3.45. The minimum atomic E-state index is -3.55. The number of carbonyl (C=O) groups is 1. The Morgan fingerprint density at radius 1 is 1.27 bits per heavy atom. The molecule has 0 radical (unpaired) electrons. The third-order valence-electron chi connectivity index (χ3n) is 4.48. The smallest absolute Gasteiger partial charge is 0.244 e. The maximum Gasteiger partial charge on any atom is 0.244 e. The molecular weight excluding hydrogens is 418 g/mol. The molecule has 2 heterocycles. The number of pyridine rings is 1. The zero-order valence-electron chi connectivity index (χ0n) is 14.4. The van der Waals surface area contributed by atoms with Gasteiger partial charge in [-0.1, -0.05) is 6.07 Å². The molecule has 0 bridgehead atoms. The molecule has 0 saturated carbocycles. The van der Waals surface area contributed by atoms with Crippen molar-refractivity contribution in [1.82, 2.24) is 9.29 Å². The Kier molecular flexibility index (Phi) is 5.74. The number of hydrogen-bond acceptors (Lipinski definition) is 4. The van der Waals surface area contributed by atoms with Crippen molar-refractivity contribution in [1.29, 1.82) is 0 Å². The molecule has 1 amide bonds. The van der Waals surface area contributed by atoms with Gasteiger partial charge < -0.3 is 5.32 Å². The molecule has 1 fully saturated rings. The summed E-state index contributed by atoms with van der Waals surface area (Å²) in [4.78, 5) is 16.6. The lowest BCUT2D eigenvalue weighted by atomic mass is 9.97. The van der Waals surface area contributed by atoms with Crippen molar-refractivity contribution < 1.29 is 13.2 Å². The minimum absolute atomic E-state index is 0.0759. The van der Waals surface area contributed by atoms with Crippen LogP contribution >= 0.6 is 15.9 Å². The van der Waals surface area contributed by atoms with Gasteiger partial charge >= 0.3 is 0 Å². The highest BCUT2D eigenvalue weighted by atomic mass is 79.9. The van der Waals surface area contributed by atoms with Crippen LogP contribution in [0, 0.1) is 12.8 Å². The van der Waals surface area contributed by atoms with Crippen LogP contribution in [0.4, 0.5) is 5.69 Å². The number of benzene rings is 1. The van der Waals surface area contributed by atoms with Gasteiger partial charge in [-0.25, -0.2) is 8.42 Å². The van der Waals surface area contributed by atoms with Gasteiger partial charge in [0.25, 0.3) is 0 Å². The van der Waals surface area contributed by atoms with Gasteiger partial charge in [0.15, 0.2) is 0 Å². The van der Waals surface area contributed by atoms with E-state index in [4.69, 9.17) is 0 Å². The Hall–Kier alpha value is -1.77. The lowest BCUT2D eigenvalue weighted by Gasteiger charge is -2.30. The SMILES string of the molecule is Cc1ccc(NC(=O)C2CCN(S(=O)(=O)c3cccnc3)CC2)c(Br)c1. The topological polar surface area (TPSA) is 79.4 Å². The van der Waals surface area contributed by atoms with Gasteiger partial charge in [-0.15, -0.1) is 0 Å². The van der Waals surface area contributed by atoms with Gasteiger partial charge in [-0.3, -0.25) is 9.78 Å². The highest BCUT2D eigenvalue weighted by Gasteiger charge is 2.32. The predicted octanol–water partition coefficient (Wildman–Crippen LogP) is 3.19. The molecule has 1 aliphatic heterocycles. The van der Waals surface area contributed by atoms with E-state index in [2.05, 4.69) is 26.2 Å². The largest absolute Gasteiger partial charge is 0.325 e. The van der Waals surface area contributed by atoms with Crippen molar-refractivity contribution >= 4 is 37.5 Å². The Labute approximate surface area is 161 Å². The monoisotopic (exact) mass is 437 g/mol. The molecule has 3 rings (SSSR count). The average molecular weight is 438 g/mol. The molecule has 8 heteroatoms. The minimum Gasteiger partial charge on any atom is -0.325 e. The molecule has 1 aliphatic rings. The van der Waals surface area contributed by atoms with Crippen molar-refractivity contribution in [2.75, 3.05) is 18.4 Å². The van der Waals surface area contributed by atoms with E-state index in [0.717, 1.165) is 15.7 Å². The molecular formula is C18H20BrN3O3S.